The summed E-state index contributed by atoms with van der Waals surface area (Å²) in [5, 5.41) is 0. The molecule has 2 aliphatic heterocycles. The van der Waals surface area contributed by atoms with Crippen LogP contribution in [0.15, 0.2) is 35.9 Å². The van der Waals surface area contributed by atoms with E-state index in [-0.39, 0.29) is 35.4 Å². The van der Waals surface area contributed by atoms with Gasteiger partial charge in [-0.1, -0.05) is 17.7 Å². The summed E-state index contributed by atoms with van der Waals surface area (Å²) in [7, 11) is 4.88. The maximum Gasteiger partial charge on any atom is 0.331 e. The molecular formula is C29H40O8. The highest BCUT2D eigenvalue weighted by molar-refractivity contribution is 5.87. The van der Waals surface area contributed by atoms with Crippen LogP contribution in [0.1, 0.15) is 45.6 Å². The predicted molar refractivity (Wildman–Crippen MR) is 139 cm³/mol. The maximum absolute atomic E-state index is 12.8. The van der Waals surface area contributed by atoms with E-state index in [0.717, 1.165) is 18.4 Å². The lowest BCUT2D eigenvalue weighted by atomic mass is 9.68. The molecule has 3 aliphatic rings. The van der Waals surface area contributed by atoms with Crippen molar-refractivity contribution in [2.24, 2.45) is 5.92 Å². The van der Waals surface area contributed by atoms with E-state index in [1.165, 1.54) is 11.6 Å². The van der Waals surface area contributed by atoms with Crippen molar-refractivity contribution in [2.45, 2.75) is 69.5 Å². The van der Waals surface area contributed by atoms with E-state index in [4.69, 9.17) is 33.2 Å². The third-order valence-electron chi connectivity index (χ3n) is 7.65. The second-order valence-electron chi connectivity index (χ2n) is 10.4. The van der Waals surface area contributed by atoms with E-state index in [2.05, 4.69) is 26.8 Å². The number of hydrogen-bond acceptors (Lipinski definition) is 8. The highest BCUT2D eigenvalue weighted by atomic mass is 16.6. The molecule has 2 unspecified atom stereocenters. The Morgan fingerprint density at radius 3 is 2.59 bits per heavy atom. The van der Waals surface area contributed by atoms with Crippen LogP contribution < -0.4 is 9.47 Å². The van der Waals surface area contributed by atoms with Crippen LogP contribution in [0, 0.1) is 5.92 Å². The minimum atomic E-state index is -0.416. The Hall–Kier alpha value is -2.39. The van der Waals surface area contributed by atoms with Gasteiger partial charge < -0.3 is 33.2 Å². The molecular weight excluding hydrogens is 476 g/mol. The molecule has 204 valence electrons. The van der Waals surface area contributed by atoms with Crippen LogP contribution in [0.4, 0.5) is 0 Å². The monoisotopic (exact) mass is 516 g/mol. The minimum absolute atomic E-state index is 0.00833. The normalized spacial score (nSPS) is 32.3. The number of esters is 1. The average Bonchev–Trinajstić information content (AvgIpc) is 3.80. The van der Waals surface area contributed by atoms with E-state index < -0.39 is 5.97 Å². The molecule has 3 fully saturated rings. The first kappa shape index (κ1) is 27.6. The van der Waals surface area contributed by atoms with Crippen LogP contribution in [0.25, 0.3) is 6.08 Å². The SMILES string of the molecule is COCCOc1ccc(/C=C/C(=O)O[C@@H]2CC[C@]3(CO3)[C@@H](C3(C)OC3CC=C(C)C)[C@@H]2OC)cc1OC. The van der Waals surface area contributed by atoms with Crippen molar-refractivity contribution < 1.29 is 38.0 Å². The lowest BCUT2D eigenvalue weighted by Crippen LogP contribution is -2.55. The molecule has 2 heterocycles. The quantitative estimate of drug-likeness (QED) is 0.133. The molecule has 8 nitrogen and oxygen atoms in total. The molecule has 1 aromatic carbocycles. The number of rotatable bonds is 12. The maximum atomic E-state index is 12.8. The summed E-state index contributed by atoms with van der Waals surface area (Å²) < 4.78 is 40.2. The molecule has 0 bridgehead atoms. The summed E-state index contributed by atoms with van der Waals surface area (Å²) in [5.74, 6) is 0.772. The fourth-order valence-corrected chi connectivity index (χ4v) is 5.57. The molecule has 1 aliphatic carbocycles. The number of epoxide rings is 2. The number of allylic oxidation sites excluding steroid dienone is 1. The number of hydrogen-bond donors (Lipinski definition) is 0. The van der Waals surface area contributed by atoms with Crippen LogP contribution in [0.3, 0.4) is 0 Å². The van der Waals surface area contributed by atoms with E-state index in [9.17, 15) is 4.79 Å². The number of carbonyl (C=O) groups is 1. The van der Waals surface area contributed by atoms with Crippen LogP contribution in [0.5, 0.6) is 11.5 Å². The van der Waals surface area contributed by atoms with Gasteiger partial charge in [-0.2, -0.15) is 0 Å². The van der Waals surface area contributed by atoms with E-state index in [1.54, 1.807) is 27.4 Å². The topological polar surface area (TPSA) is 88.3 Å². The number of ether oxygens (including phenoxy) is 7. The van der Waals surface area contributed by atoms with Gasteiger partial charge in [-0.3, -0.25) is 0 Å². The Labute approximate surface area is 219 Å². The molecule has 1 spiro atoms. The Balaban J connectivity index is 1.41. The van der Waals surface area contributed by atoms with E-state index in [1.807, 2.05) is 18.2 Å². The van der Waals surface area contributed by atoms with Gasteiger partial charge in [0.2, 0.25) is 0 Å². The number of methoxy groups -OCH3 is 3. The van der Waals surface area contributed by atoms with Crippen molar-refractivity contribution in [2.75, 3.05) is 41.2 Å². The molecule has 2 saturated heterocycles. The zero-order valence-electron chi connectivity index (χ0n) is 22.8. The lowest BCUT2D eigenvalue weighted by molar-refractivity contribution is -0.166. The first-order valence-corrected chi connectivity index (χ1v) is 12.9. The second kappa shape index (κ2) is 11.6. The van der Waals surface area contributed by atoms with Crippen molar-refractivity contribution >= 4 is 12.0 Å². The first-order chi connectivity index (χ1) is 17.8. The highest BCUT2D eigenvalue weighted by Crippen LogP contribution is 2.59. The summed E-state index contributed by atoms with van der Waals surface area (Å²) in [6.45, 7) is 7.91. The predicted octanol–water partition coefficient (Wildman–Crippen LogP) is 4.35. The standard InChI is InChI=1S/C29H40O8/c1-19(2)7-11-24-28(3,37-24)27-26(33-6)22(13-14-29(27)18-35-29)36-25(30)12-9-20-8-10-21(23(17-20)32-5)34-16-15-31-4/h7-10,12,17,22,24,26-27H,11,13-16,18H2,1-6H3/b12-9+/t22-,24?,26-,27-,28?,29+/m1/s1. The smallest absolute Gasteiger partial charge is 0.331 e. The number of carbonyl (C=O) groups excluding carboxylic acids is 1. The third-order valence-corrected chi connectivity index (χ3v) is 7.65. The Morgan fingerprint density at radius 1 is 1.16 bits per heavy atom. The van der Waals surface area contributed by atoms with Crippen molar-refractivity contribution in [3.63, 3.8) is 0 Å². The Morgan fingerprint density at radius 2 is 1.95 bits per heavy atom. The van der Waals surface area contributed by atoms with Crippen molar-refractivity contribution in [3.8, 4) is 11.5 Å². The Bertz CT molecular complexity index is 1010. The van der Waals surface area contributed by atoms with E-state index >= 15 is 0 Å². The zero-order valence-corrected chi connectivity index (χ0v) is 22.8. The fourth-order valence-electron chi connectivity index (χ4n) is 5.57. The average molecular weight is 517 g/mol. The molecule has 0 amide bonds. The molecule has 37 heavy (non-hydrogen) atoms. The lowest BCUT2D eigenvalue weighted by Gasteiger charge is -2.42. The fraction of sp³-hybridized carbons (Fsp3) is 0.621. The molecule has 1 saturated carbocycles. The van der Waals surface area contributed by atoms with Crippen molar-refractivity contribution in [1.82, 2.24) is 0 Å². The van der Waals surface area contributed by atoms with Gasteiger partial charge in [0.15, 0.2) is 11.5 Å². The van der Waals surface area contributed by atoms with E-state index in [0.29, 0.717) is 37.7 Å². The molecule has 6 atom stereocenters. The van der Waals surface area contributed by atoms with Crippen LogP contribution in [0.2, 0.25) is 0 Å². The van der Waals surface area contributed by atoms with Gasteiger partial charge in [0.1, 0.15) is 30.0 Å². The molecule has 4 rings (SSSR count). The third kappa shape index (κ3) is 6.20. The molecule has 0 aromatic heterocycles. The first-order valence-electron chi connectivity index (χ1n) is 12.9. The summed E-state index contributed by atoms with van der Waals surface area (Å²) in [6, 6.07) is 5.48. The minimum Gasteiger partial charge on any atom is -0.493 e. The van der Waals surface area contributed by atoms with Gasteiger partial charge in [0.25, 0.3) is 0 Å². The van der Waals surface area contributed by atoms with Gasteiger partial charge in [-0.15, -0.1) is 0 Å². The van der Waals surface area contributed by atoms with Crippen molar-refractivity contribution in [1.29, 1.82) is 0 Å². The van der Waals surface area contributed by atoms with Gasteiger partial charge in [-0.05, 0) is 63.8 Å². The summed E-state index contributed by atoms with van der Waals surface area (Å²) in [6.07, 6.45) is 7.13. The van der Waals surface area contributed by atoms with Gasteiger partial charge in [0, 0.05) is 20.3 Å². The highest BCUT2D eigenvalue weighted by Gasteiger charge is 2.72. The molecule has 1 aromatic rings. The summed E-state index contributed by atoms with van der Waals surface area (Å²) in [4.78, 5) is 12.8. The van der Waals surface area contributed by atoms with Gasteiger partial charge in [0.05, 0.1) is 32.3 Å². The molecule has 0 N–H and O–H groups in total. The molecule has 0 radical (unpaired) electrons. The zero-order chi connectivity index (χ0) is 26.6. The Kier molecular flexibility index (Phi) is 8.63. The van der Waals surface area contributed by atoms with Crippen LogP contribution in [-0.4, -0.2) is 76.6 Å². The second-order valence-corrected chi connectivity index (χ2v) is 10.4. The molecule has 8 heteroatoms. The summed E-state index contributed by atoms with van der Waals surface area (Å²) in [5.41, 5.74) is 1.45. The largest absolute Gasteiger partial charge is 0.493 e. The van der Waals surface area contributed by atoms with Gasteiger partial charge in [-0.25, -0.2) is 4.79 Å². The van der Waals surface area contributed by atoms with Gasteiger partial charge >= 0.3 is 5.97 Å². The van der Waals surface area contributed by atoms with Crippen LogP contribution in [-0.2, 0) is 28.5 Å². The number of benzene rings is 1. The van der Waals surface area contributed by atoms with Crippen molar-refractivity contribution in [3.05, 3.63) is 41.5 Å². The summed E-state index contributed by atoms with van der Waals surface area (Å²) >= 11 is 0. The van der Waals surface area contributed by atoms with Crippen LogP contribution >= 0.6 is 0 Å².